The van der Waals surface area contributed by atoms with Crippen molar-refractivity contribution in [3.8, 4) is 0 Å². The van der Waals surface area contributed by atoms with Crippen LogP contribution in [-0.4, -0.2) is 35.0 Å². The minimum absolute atomic E-state index is 0.0217. The molecule has 0 spiro atoms. The molecule has 1 unspecified atom stereocenters. The number of carbonyl (C=O) groups excluding carboxylic acids is 2. The van der Waals surface area contributed by atoms with Crippen molar-refractivity contribution in [2.24, 2.45) is 0 Å². The van der Waals surface area contributed by atoms with Crippen molar-refractivity contribution < 1.29 is 19.5 Å². The van der Waals surface area contributed by atoms with Crippen LogP contribution in [-0.2, 0) is 4.79 Å². The first-order valence-electron chi connectivity index (χ1n) is 7.41. The second-order valence-corrected chi connectivity index (χ2v) is 5.37. The lowest BCUT2D eigenvalue weighted by Crippen LogP contribution is -2.40. The van der Waals surface area contributed by atoms with Gasteiger partial charge in [-0.2, -0.15) is 0 Å². The van der Waals surface area contributed by atoms with Gasteiger partial charge >= 0.3 is 5.97 Å². The lowest BCUT2D eigenvalue weighted by molar-refractivity contribution is -0.139. The number of rotatable bonds is 7. The number of aliphatic carboxylic acids is 1. The van der Waals surface area contributed by atoms with Crippen LogP contribution in [0.3, 0.4) is 0 Å². The van der Waals surface area contributed by atoms with E-state index in [4.69, 9.17) is 5.11 Å². The Bertz CT molecular complexity index is 591. The largest absolute Gasteiger partial charge is 0.480 e. The number of amides is 2. The lowest BCUT2D eigenvalue weighted by Gasteiger charge is -2.13. The van der Waals surface area contributed by atoms with Gasteiger partial charge in [-0.1, -0.05) is 12.2 Å². The maximum Gasteiger partial charge on any atom is 0.326 e. The smallest absolute Gasteiger partial charge is 0.326 e. The van der Waals surface area contributed by atoms with E-state index in [1.165, 1.54) is 24.3 Å². The van der Waals surface area contributed by atoms with Crippen molar-refractivity contribution in [1.29, 1.82) is 0 Å². The maximum absolute atomic E-state index is 12.1. The molecule has 0 aliphatic heterocycles. The number of allylic oxidation sites excluding steroid dienone is 1. The van der Waals surface area contributed by atoms with Crippen LogP contribution in [0.15, 0.2) is 36.4 Å². The minimum atomic E-state index is -1.09. The van der Waals surface area contributed by atoms with Gasteiger partial charge in [0.25, 0.3) is 11.8 Å². The van der Waals surface area contributed by atoms with E-state index in [1.807, 2.05) is 13.8 Å². The molecule has 0 radical (unpaired) electrons. The van der Waals surface area contributed by atoms with Gasteiger partial charge in [0.05, 0.1) is 0 Å². The third kappa shape index (κ3) is 5.94. The van der Waals surface area contributed by atoms with Crippen molar-refractivity contribution in [3.63, 3.8) is 0 Å². The van der Waals surface area contributed by atoms with Crippen LogP contribution in [0.4, 0.5) is 0 Å². The van der Waals surface area contributed by atoms with Crippen molar-refractivity contribution in [2.45, 2.75) is 39.3 Å². The number of hydrogen-bond acceptors (Lipinski definition) is 3. The van der Waals surface area contributed by atoms with Gasteiger partial charge in [0.1, 0.15) is 6.04 Å². The fourth-order valence-corrected chi connectivity index (χ4v) is 1.85. The molecule has 23 heavy (non-hydrogen) atoms. The van der Waals surface area contributed by atoms with Gasteiger partial charge in [-0.25, -0.2) is 4.79 Å². The predicted octanol–water partition coefficient (Wildman–Crippen LogP) is 1.97. The fourth-order valence-electron chi connectivity index (χ4n) is 1.85. The van der Waals surface area contributed by atoms with Crippen LogP contribution in [0.25, 0.3) is 0 Å². The number of hydrogen-bond donors (Lipinski definition) is 3. The number of benzene rings is 1. The Labute approximate surface area is 135 Å². The van der Waals surface area contributed by atoms with Crippen LogP contribution in [0.5, 0.6) is 0 Å². The van der Waals surface area contributed by atoms with Gasteiger partial charge in [-0.05, 0) is 51.5 Å². The summed E-state index contributed by atoms with van der Waals surface area (Å²) in [5.41, 5.74) is 0.747. The molecule has 0 heterocycles. The van der Waals surface area contributed by atoms with Gasteiger partial charge in [0, 0.05) is 17.2 Å². The Morgan fingerprint density at radius 2 is 1.52 bits per heavy atom. The molecule has 0 saturated heterocycles. The van der Waals surface area contributed by atoms with Crippen molar-refractivity contribution in [3.05, 3.63) is 47.5 Å². The average molecular weight is 318 g/mol. The highest BCUT2D eigenvalue weighted by Crippen LogP contribution is 2.06. The fraction of sp³-hybridized carbons (Fsp3) is 0.353. The predicted molar refractivity (Wildman–Crippen MR) is 87.4 cm³/mol. The Morgan fingerprint density at radius 1 is 1.04 bits per heavy atom. The third-order valence-electron chi connectivity index (χ3n) is 3.04. The summed E-state index contributed by atoms with van der Waals surface area (Å²) in [7, 11) is 0. The second kappa shape index (κ2) is 8.73. The molecule has 1 atom stereocenters. The Hall–Kier alpha value is -2.63. The Balaban J connectivity index is 2.76. The molecule has 124 valence electrons. The summed E-state index contributed by atoms with van der Waals surface area (Å²) >= 11 is 0. The van der Waals surface area contributed by atoms with E-state index < -0.39 is 17.9 Å². The van der Waals surface area contributed by atoms with E-state index in [1.54, 1.807) is 19.1 Å². The van der Waals surface area contributed by atoms with Crippen LogP contribution >= 0.6 is 0 Å². The summed E-state index contributed by atoms with van der Waals surface area (Å²) in [5.74, 6) is -1.80. The van der Waals surface area contributed by atoms with Gasteiger partial charge in [-0.3, -0.25) is 9.59 Å². The van der Waals surface area contributed by atoms with E-state index in [-0.39, 0.29) is 18.4 Å². The number of carbonyl (C=O) groups is 3. The molecular formula is C17H22N2O4. The van der Waals surface area contributed by atoms with E-state index in [2.05, 4.69) is 10.6 Å². The Kier molecular flexibility index (Phi) is 6.99. The SMILES string of the molecule is C/C=C/CC(NC(=O)c1ccc(C(=O)NC(C)C)cc1)C(=O)O. The summed E-state index contributed by atoms with van der Waals surface area (Å²) in [6, 6.07) is 5.11. The molecule has 0 fully saturated rings. The second-order valence-electron chi connectivity index (χ2n) is 5.37. The summed E-state index contributed by atoms with van der Waals surface area (Å²) < 4.78 is 0. The molecule has 1 rings (SSSR count). The summed E-state index contributed by atoms with van der Waals surface area (Å²) in [5, 5.41) is 14.3. The van der Waals surface area contributed by atoms with Gasteiger partial charge in [0.2, 0.25) is 0 Å². The van der Waals surface area contributed by atoms with E-state index in [0.29, 0.717) is 11.1 Å². The van der Waals surface area contributed by atoms with Gasteiger partial charge < -0.3 is 15.7 Å². The molecule has 0 aliphatic carbocycles. The normalized spacial score (nSPS) is 12.2. The maximum atomic E-state index is 12.1. The summed E-state index contributed by atoms with van der Waals surface area (Å²) in [6.07, 6.45) is 3.62. The monoisotopic (exact) mass is 318 g/mol. The minimum Gasteiger partial charge on any atom is -0.480 e. The molecule has 3 N–H and O–H groups in total. The van der Waals surface area contributed by atoms with Crippen molar-refractivity contribution in [1.82, 2.24) is 10.6 Å². The first-order valence-corrected chi connectivity index (χ1v) is 7.41. The molecule has 1 aromatic carbocycles. The standard InChI is InChI=1S/C17H22N2O4/c1-4-5-6-14(17(22)23)19-16(21)13-9-7-12(8-10-13)15(20)18-11(2)3/h4-5,7-11,14H,6H2,1-3H3,(H,18,20)(H,19,21)(H,22,23)/b5-4+. The topological polar surface area (TPSA) is 95.5 Å². The van der Waals surface area contributed by atoms with Crippen molar-refractivity contribution >= 4 is 17.8 Å². The van der Waals surface area contributed by atoms with E-state index in [0.717, 1.165) is 0 Å². The molecule has 6 nitrogen and oxygen atoms in total. The first kappa shape index (κ1) is 18.4. The lowest BCUT2D eigenvalue weighted by atomic mass is 10.1. The molecule has 0 bridgehead atoms. The number of carboxylic acids is 1. The summed E-state index contributed by atoms with van der Waals surface area (Å²) in [4.78, 5) is 35.0. The summed E-state index contributed by atoms with van der Waals surface area (Å²) in [6.45, 7) is 5.49. The van der Waals surface area contributed by atoms with E-state index in [9.17, 15) is 14.4 Å². The molecule has 1 aromatic rings. The molecule has 0 aromatic heterocycles. The highest BCUT2D eigenvalue weighted by molar-refractivity contribution is 5.99. The van der Waals surface area contributed by atoms with Crippen LogP contribution in [0, 0.1) is 0 Å². The number of carboxylic acid groups (broad SMARTS) is 1. The highest BCUT2D eigenvalue weighted by Gasteiger charge is 2.19. The van der Waals surface area contributed by atoms with Gasteiger partial charge in [0.15, 0.2) is 0 Å². The quantitative estimate of drug-likeness (QED) is 0.670. The van der Waals surface area contributed by atoms with Crippen LogP contribution in [0.2, 0.25) is 0 Å². The zero-order chi connectivity index (χ0) is 17.4. The van der Waals surface area contributed by atoms with E-state index >= 15 is 0 Å². The first-order chi connectivity index (χ1) is 10.8. The molecule has 0 saturated carbocycles. The van der Waals surface area contributed by atoms with Crippen LogP contribution < -0.4 is 10.6 Å². The van der Waals surface area contributed by atoms with Crippen LogP contribution in [0.1, 0.15) is 47.9 Å². The molecule has 6 heteroatoms. The molecule has 2 amide bonds. The third-order valence-corrected chi connectivity index (χ3v) is 3.04. The van der Waals surface area contributed by atoms with Gasteiger partial charge in [-0.15, -0.1) is 0 Å². The molecule has 0 aliphatic rings. The Morgan fingerprint density at radius 3 is 1.91 bits per heavy atom. The average Bonchev–Trinajstić information content (AvgIpc) is 2.50. The zero-order valence-corrected chi connectivity index (χ0v) is 13.5. The highest BCUT2D eigenvalue weighted by atomic mass is 16.4. The van der Waals surface area contributed by atoms with Crippen molar-refractivity contribution in [2.75, 3.05) is 0 Å². The molecular weight excluding hydrogens is 296 g/mol. The number of nitrogens with one attached hydrogen (secondary N) is 2. The zero-order valence-electron chi connectivity index (χ0n) is 13.5.